The van der Waals surface area contributed by atoms with Gasteiger partial charge in [-0.15, -0.1) is 0 Å². The number of fused-ring (bicyclic) bond motifs is 2. The van der Waals surface area contributed by atoms with E-state index >= 15 is 0 Å². The lowest BCUT2D eigenvalue weighted by Crippen LogP contribution is -2.25. The Kier molecular flexibility index (Phi) is 5.20. The van der Waals surface area contributed by atoms with Crippen molar-refractivity contribution in [1.29, 1.82) is 0 Å². The van der Waals surface area contributed by atoms with E-state index in [1.165, 1.54) is 0 Å². The lowest BCUT2D eigenvalue weighted by atomic mass is 10.1. The van der Waals surface area contributed by atoms with Gasteiger partial charge < -0.3 is 14.0 Å². The molecule has 2 aromatic carbocycles. The number of Topliss-reactive ketones (excluding diaryl/α,β-unsaturated/α-hetero) is 1. The van der Waals surface area contributed by atoms with Crippen LogP contribution in [-0.4, -0.2) is 24.6 Å². The summed E-state index contributed by atoms with van der Waals surface area (Å²) in [5.41, 5.74) is 3.45. The second-order valence-electron chi connectivity index (χ2n) is 8.01. The van der Waals surface area contributed by atoms with Crippen LogP contribution in [0, 0.1) is 5.92 Å². The number of carbonyl (C=O) groups is 1. The minimum absolute atomic E-state index is 0.0751. The van der Waals surface area contributed by atoms with Crippen LogP contribution in [0.2, 0.25) is 0 Å². The van der Waals surface area contributed by atoms with Crippen molar-refractivity contribution in [3.8, 4) is 11.5 Å². The van der Waals surface area contributed by atoms with Crippen molar-refractivity contribution in [2.45, 2.75) is 26.8 Å². The van der Waals surface area contributed by atoms with E-state index < -0.39 is 0 Å². The van der Waals surface area contributed by atoms with Crippen molar-refractivity contribution >= 4 is 22.8 Å². The van der Waals surface area contributed by atoms with Gasteiger partial charge in [0.25, 0.3) is 5.56 Å². The maximum absolute atomic E-state index is 13.3. The molecule has 0 N–H and O–H groups in total. The fourth-order valence-electron chi connectivity index (χ4n) is 4.04. The number of hydrogen-bond donors (Lipinski definition) is 0. The Morgan fingerprint density at radius 2 is 1.73 bits per heavy atom. The molecular formula is C25H25NO4. The van der Waals surface area contributed by atoms with Gasteiger partial charge in [-0.25, -0.2) is 0 Å². The Morgan fingerprint density at radius 1 is 1.03 bits per heavy atom. The first-order valence-corrected chi connectivity index (χ1v) is 10.1. The summed E-state index contributed by atoms with van der Waals surface area (Å²) in [4.78, 5) is 26.3. The summed E-state index contributed by atoms with van der Waals surface area (Å²) in [5, 5.41) is 0.982. The number of nitrogens with zero attached hydrogens (tertiary/aromatic N) is 1. The Balaban J connectivity index is 1.83. The molecule has 154 valence electrons. The number of aromatic nitrogens is 1. The Hall–Kier alpha value is -3.34. The van der Waals surface area contributed by atoms with E-state index in [2.05, 4.69) is 13.8 Å². The molecule has 0 radical (unpaired) electrons. The lowest BCUT2D eigenvalue weighted by molar-refractivity contribution is 0.104. The quantitative estimate of drug-likeness (QED) is 0.589. The standard InChI is InChI=1S/C25H25NO4/c1-15(2)14-26-21-8-6-5-7-16(21)9-19(25(26)28)11-18-10-17-12-22(29-3)23(30-4)13-20(17)24(18)27/h5-9,11-13,15H,10,14H2,1-4H3. The molecule has 0 saturated carbocycles. The first kappa shape index (κ1) is 20.0. The van der Waals surface area contributed by atoms with E-state index in [4.69, 9.17) is 9.47 Å². The van der Waals surface area contributed by atoms with Gasteiger partial charge in [-0.2, -0.15) is 0 Å². The molecule has 5 heteroatoms. The van der Waals surface area contributed by atoms with Crippen LogP contribution in [0.15, 0.2) is 52.8 Å². The van der Waals surface area contributed by atoms with Crippen LogP contribution in [0.25, 0.3) is 17.0 Å². The van der Waals surface area contributed by atoms with Gasteiger partial charge >= 0.3 is 0 Å². The molecule has 0 atom stereocenters. The number of ether oxygens (including phenoxy) is 2. The van der Waals surface area contributed by atoms with Crippen molar-refractivity contribution in [3.63, 3.8) is 0 Å². The Labute approximate surface area is 175 Å². The van der Waals surface area contributed by atoms with E-state index in [9.17, 15) is 9.59 Å². The molecule has 0 aliphatic heterocycles. The highest BCUT2D eigenvalue weighted by Gasteiger charge is 2.27. The van der Waals surface area contributed by atoms with Crippen LogP contribution in [0.3, 0.4) is 0 Å². The zero-order valence-corrected chi connectivity index (χ0v) is 17.7. The zero-order chi connectivity index (χ0) is 21.4. The highest BCUT2D eigenvalue weighted by molar-refractivity contribution is 6.16. The summed E-state index contributed by atoms with van der Waals surface area (Å²) in [5.74, 6) is 1.37. The van der Waals surface area contributed by atoms with E-state index in [-0.39, 0.29) is 11.3 Å². The molecule has 30 heavy (non-hydrogen) atoms. The third kappa shape index (κ3) is 3.41. The summed E-state index contributed by atoms with van der Waals surface area (Å²) < 4.78 is 12.5. The fraction of sp³-hybridized carbons (Fsp3) is 0.280. The van der Waals surface area contributed by atoms with Crippen LogP contribution in [0.4, 0.5) is 0 Å². The van der Waals surface area contributed by atoms with E-state index in [0.29, 0.717) is 47.1 Å². The zero-order valence-electron chi connectivity index (χ0n) is 17.7. The molecule has 0 spiro atoms. The van der Waals surface area contributed by atoms with Gasteiger partial charge in [0.15, 0.2) is 17.3 Å². The summed E-state index contributed by atoms with van der Waals surface area (Å²) in [6.45, 7) is 4.80. The number of rotatable bonds is 5. The highest BCUT2D eigenvalue weighted by atomic mass is 16.5. The van der Waals surface area contributed by atoms with Crippen molar-refractivity contribution in [2.24, 2.45) is 5.92 Å². The number of para-hydroxylation sites is 1. The second-order valence-corrected chi connectivity index (χ2v) is 8.01. The number of allylic oxidation sites excluding steroid dienone is 1. The molecule has 3 aromatic rings. The van der Waals surface area contributed by atoms with Gasteiger partial charge in [-0.3, -0.25) is 9.59 Å². The highest BCUT2D eigenvalue weighted by Crippen LogP contribution is 2.37. The van der Waals surface area contributed by atoms with Gasteiger partial charge in [0, 0.05) is 29.7 Å². The third-order valence-electron chi connectivity index (χ3n) is 5.43. The topological polar surface area (TPSA) is 57.5 Å². The van der Waals surface area contributed by atoms with Crippen molar-refractivity contribution in [3.05, 3.63) is 75.1 Å². The van der Waals surface area contributed by atoms with Gasteiger partial charge in [0.1, 0.15) is 0 Å². The number of benzene rings is 2. The molecule has 0 saturated heterocycles. The molecule has 1 aliphatic carbocycles. The first-order chi connectivity index (χ1) is 14.4. The lowest BCUT2D eigenvalue weighted by Gasteiger charge is -2.14. The smallest absolute Gasteiger partial charge is 0.258 e. The largest absolute Gasteiger partial charge is 0.493 e. The molecule has 0 amide bonds. The Bertz CT molecular complexity index is 1230. The maximum Gasteiger partial charge on any atom is 0.258 e. The molecule has 4 rings (SSSR count). The second kappa shape index (κ2) is 7.82. The number of ketones is 1. The third-order valence-corrected chi connectivity index (χ3v) is 5.43. The van der Waals surface area contributed by atoms with Crippen LogP contribution < -0.4 is 15.0 Å². The molecule has 5 nitrogen and oxygen atoms in total. The average Bonchev–Trinajstić information content (AvgIpc) is 3.04. The molecule has 0 unspecified atom stereocenters. The minimum atomic E-state index is -0.0752. The van der Waals surface area contributed by atoms with Crippen molar-refractivity contribution in [2.75, 3.05) is 14.2 Å². The van der Waals surface area contributed by atoms with Gasteiger partial charge in [0.2, 0.25) is 0 Å². The van der Waals surface area contributed by atoms with Gasteiger partial charge in [-0.1, -0.05) is 32.0 Å². The molecule has 0 bridgehead atoms. The molecule has 1 aliphatic rings. The van der Waals surface area contributed by atoms with Crippen LogP contribution in [-0.2, 0) is 13.0 Å². The minimum Gasteiger partial charge on any atom is -0.493 e. The molecule has 0 fully saturated rings. The monoisotopic (exact) mass is 403 g/mol. The molecule has 1 aromatic heterocycles. The fourth-order valence-corrected chi connectivity index (χ4v) is 4.04. The summed E-state index contributed by atoms with van der Waals surface area (Å²) >= 11 is 0. The predicted molar refractivity (Wildman–Crippen MR) is 119 cm³/mol. The van der Waals surface area contributed by atoms with Gasteiger partial charge in [-0.05, 0) is 47.2 Å². The first-order valence-electron chi connectivity index (χ1n) is 10.1. The predicted octanol–water partition coefficient (Wildman–Crippen LogP) is 4.50. The van der Waals surface area contributed by atoms with Crippen molar-refractivity contribution in [1.82, 2.24) is 4.57 Å². The SMILES string of the molecule is COc1cc2c(cc1OC)C(=O)C(=Cc1cc3ccccc3n(CC(C)C)c1=O)C2. The normalized spacial score (nSPS) is 14.6. The van der Waals surface area contributed by atoms with Crippen molar-refractivity contribution < 1.29 is 14.3 Å². The van der Waals surface area contributed by atoms with Crippen LogP contribution in [0.5, 0.6) is 11.5 Å². The van der Waals surface area contributed by atoms with E-state index in [1.807, 2.05) is 41.0 Å². The van der Waals surface area contributed by atoms with E-state index in [0.717, 1.165) is 16.5 Å². The number of pyridine rings is 1. The van der Waals surface area contributed by atoms with E-state index in [1.54, 1.807) is 26.4 Å². The van der Waals surface area contributed by atoms with Crippen LogP contribution in [0.1, 0.15) is 35.3 Å². The van der Waals surface area contributed by atoms with Crippen LogP contribution >= 0.6 is 0 Å². The Morgan fingerprint density at radius 3 is 2.43 bits per heavy atom. The molecular weight excluding hydrogens is 378 g/mol. The molecule has 1 heterocycles. The summed E-state index contributed by atoms with van der Waals surface area (Å²) in [6.07, 6.45) is 2.21. The summed E-state index contributed by atoms with van der Waals surface area (Å²) in [7, 11) is 3.12. The number of methoxy groups -OCH3 is 2. The maximum atomic E-state index is 13.3. The van der Waals surface area contributed by atoms with Gasteiger partial charge in [0.05, 0.1) is 19.7 Å². The number of hydrogen-bond acceptors (Lipinski definition) is 4. The number of carbonyl (C=O) groups excluding carboxylic acids is 1. The summed E-state index contributed by atoms with van der Waals surface area (Å²) in [6, 6.07) is 13.3. The average molecular weight is 403 g/mol.